The third-order valence-corrected chi connectivity index (χ3v) is 4.95. The van der Waals surface area contributed by atoms with E-state index in [0.29, 0.717) is 37.5 Å². The third kappa shape index (κ3) is 5.45. The van der Waals surface area contributed by atoms with E-state index in [1.165, 1.54) is 0 Å². The Balaban J connectivity index is 1.94. The van der Waals surface area contributed by atoms with E-state index in [-0.39, 0.29) is 24.2 Å². The molecule has 1 unspecified atom stereocenters. The first kappa shape index (κ1) is 21.2. The minimum absolute atomic E-state index is 0.0340. The van der Waals surface area contributed by atoms with Gasteiger partial charge in [-0.2, -0.15) is 0 Å². The molecule has 0 saturated carbocycles. The summed E-state index contributed by atoms with van der Waals surface area (Å²) in [5.74, 6) is 0.276. The lowest BCUT2D eigenvalue weighted by molar-refractivity contribution is -0.126. The number of rotatable bonds is 9. The number of amides is 2. The molecule has 1 N–H and O–H groups in total. The van der Waals surface area contributed by atoms with Crippen LogP contribution in [-0.4, -0.2) is 55.0 Å². The molecule has 1 aliphatic rings. The minimum Gasteiger partial charge on any atom is -0.492 e. The molecule has 1 heterocycles. The first-order valence-corrected chi connectivity index (χ1v) is 9.90. The summed E-state index contributed by atoms with van der Waals surface area (Å²) in [4.78, 5) is 29.1. The molecule has 1 aromatic carbocycles. The summed E-state index contributed by atoms with van der Waals surface area (Å²) in [5, 5.41) is 3.01. The number of anilines is 1. The van der Waals surface area contributed by atoms with Gasteiger partial charge in [-0.25, -0.2) is 0 Å². The van der Waals surface area contributed by atoms with E-state index in [9.17, 15) is 9.59 Å². The standard InChI is InChI=1S/C21H33N3O3/c1-6-27-19-10-8-7-9-18(19)24-14-17(13-20(24)25)21(26)22-11-12-23(15(2)3)16(4)5/h7-10,15-17H,6,11-14H2,1-5H3,(H,22,26). The molecular formula is C21H33N3O3. The quantitative estimate of drug-likeness (QED) is 0.721. The Labute approximate surface area is 162 Å². The van der Waals surface area contributed by atoms with Gasteiger partial charge in [-0.15, -0.1) is 0 Å². The Bertz CT molecular complexity index is 637. The van der Waals surface area contributed by atoms with Gasteiger partial charge in [0.15, 0.2) is 0 Å². The van der Waals surface area contributed by atoms with E-state index in [1.807, 2.05) is 31.2 Å². The van der Waals surface area contributed by atoms with Crippen molar-refractivity contribution in [2.75, 3.05) is 31.1 Å². The van der Waals surface area contributed by atoms with Gasteiger partial charge < -0.3 is 15.0 Å². The Morgan fingerprint density at radius 3 is 2.56 bits per heavy atom. The maximum absolute atomic E-state index is 12.6. The summed E-state index contributed by atoms with van der Waals surface area (Å²) in [6.45, 7) is 12.9. The van der Waals surface area contributed by atoms with Crippen LogP contribution < -0.4 is 15.0 Å². The molecule has 2 amide bonds. The highest BCUT2D eigenvalue weighted by Gasteiger charge is 2.36. The number of hydrogen-bond donors (Lipinski definition) is 1. The number of benzene rings is 1. The average molecular weight is 376 g/mol. The van der Waals surface area contributed by atoms with E-state index < -0.39 is 0 Å². The number of ether oxygens (including phenoxy) is 1. The Morgan fingerprint density at radius 2 is 1.93 bits per heavy atom. The molecular weight excluding hydrogens is 342 g/mol. The Hall–Kier alpha value is -2.08. The molecule has 1 aromatic rings. The first-order chi connectivity index (χ1) is 12.8. The van der Waals surface area contributed by atoms with Crippen molar-refractivity contribution in [2.45, 2.75) is 53.1 Å². The van der Waals surface area contributed by atoms with Crippen LogP contribution in [0.15, 0.2) is 24.3 Å². The van der Waals surface area contributed by atoms with Crippen LogP contribution >= 0.6 is 0 Å². The lowest BCUT2D eigenvalue weighted by atomic mass is 10.1. The van der Waals surface area contributed by atoms with Crippen molar-refractivity contribution in [1.82, 2.24) is 10.2 Å². The molecule has 27 heavy (non-hydrogen) atoms. The molecule has 1 aliphatic heterocycles. The van der Waals surface area contributed by atoms with Gasteiger partial charge in [0, 0.05) is 38.1 Å². The molecule has 0 aromatic heterocycles. The molecule has 1 saturated heterocycles. The van der Waals surface area contributed by atoms with E-state index in [4.69, 9.17) is 4.74 Å². The molecule has 1 atom stereocenters. The summed E-state index contributed by atoms with van der Waals surface area (Å²) >= 11 is 0. The van der Waals surface area contributed by atoms with Crippen molar-refractivity contribution in [1.29, 1.82) is 0 Å². The number of hydrogen-bond acceptors (Lipinski definition) is 4. The molecule has 0 radical (unpaired) electrons. The van der Waals surface area contributed by atoms with E-state index in [0.717, 1.165) is 12.2 Å². The number of carbonyl (C=O) groups is 2. The normalized spacial score (nSPS) is 17.3. The number of carbonyl (C=O) groups excluding carboxylic acids is 2. The fourth-order valence-corrected chi connectivity index (χ4v) is 3.64. The van der Waals surface area contributed by atoms with E-state index in [2.05, 4.69) is 37.9 Å². The van der Waals surface area contributed by atoms with Crippen molar-refractivity contribution in [3.63, 3.8) is 0 Å². The molecule has 6 heteroatoms. The summed E-state index contributed by atoms with van der Waals surface area (Å²) in [5.41, 5.74) is 0.741. The molecule has 6 nitrogen and oxygen atoms in total. The van der Waals surface area contributed by atoms with Gasteiger partial charge in [0.25, 0.3) is 0 Å². The zero-order valence-corrected chi connectivity index (χ0v) is 17.2. The fourth-order valence-electron chi connectivity index (χ4n) is 3.64. The SMILES string of the molecule is CCOc1ccccc1N1CC(C(=O)NCCN(C(C)C)C(C)C)CC1=O. The van der Waals surface area contributed by atoms with Crippen LogP contribution in [0.3, 0.4) is 0 Å². The van der Waals surface area contributed by atoms with Crippen LogP contribution in [0.2, 0.25) is 0 Å². The summed E-state index contributed by atoms with van der Waals surface area (Å²) in [6, 6.07) is 8.35. The second-order valence-electron chi connectivity index (χ2n) is 7.52. The number of nitrogens with zero attached hydrogens (tertiary/aromatic N) is 2. The topological polar surface area (TPSA) is 61.9 Å². The van der Waals surface area contributed by atoms with E-state index >= 15 is 0 Å². The largest absolute Gasteiger partial charge is 0.492 e. The zero-order valence-electron chi connectivity index (χ0n) is 17.2. The predicted molar refractivity (Wildman–Crippen MR) is 108 cm³/mol. The van der Waals surface area contributed by atoms with Gasteiger partial charge in [-0.05, 0) is 46.8 Å². The van der Waals surface area contributed by atoms with Gasteiger partial charge in [0.2, 0.25) is 11.8 Å². The van der Waals surface area contributed by atoms with E-state index in [1.54, 1.807) is 4.90 Å². The monoisotopic (exact) mass is 375 g/mol. The average Bonchev–Trinajstić information content (AvgIpc) is 3.00. The zero-order chi connectivity index (χ0) is 20.0. The van der Waals surface area contributed by atoms with Crippen LogP contribution in [0.1, 0.15) is 41.0 Å². The second-order valence-corrected chi connectivity index (χ2v) is 7.52. The van der Waals surface area contributed by atoms with Gasteiger partial charge in [0.05, 0.1) is 18.2 Å². The van der Waals surface area contributed by atoms with Crippen molar-refractivity contribution >= 4 is 17.5 Å². The smallest absolute Gasteiger partial charge is 0.227 e. The van der Waals surface area contributed by atoms with Crippen LogP contribution in [0.4, 0.5) is 5.69 Å². The highest BCUT2D eigenvalue weighted by atomic mass is 16.5. The third-order valence-electron chi connectivity index (χ3n) is 4.95. The number of nitrogens with one attached hydrogen (secondary N) is 1. The summed E-state index contributed by atoms with van der Waals surface area (Å²) in [7, 11) is 0. The van der Waals surface area contributed by atoms with Crippen LogP contribution in [0.25, 0.3) is 0 Å². The van der Waals surface area contributed by atoms with Crippen molar-refractivity contribution in [3.05, 3.63) is 24.3 Å². The van der Waals surface area contributed by atoms with Crippen molar-refractivity contribution in [3.8, 4) is 5.75 Å². The Kier molecular flexibility index (Phi) is 7.66. The summed E-state index contributed by atoms with van der Waals surface area (Å²) < 4.78 is 5.63. The molecule has 0 aliphatic carbocycles. The highest BCUT2D eigenvalue weighted by Crippen LogP contribution is 2.33. The molecule has 2 rings (SSSR count). The minimum atomic E-state index is -0.321. The Morgan fingerprint density at radius 1 is 1.26 bits per heavy atom. The molecule has 0 spiro atoms. The fraction of sp³-hybridized carbons (Fsp3) is 0.619. The van der Waals surface area contributed by atoms with Gasteiger partial charge in [-0.1, -0.05) is 12.1 Å². The van der Waals surface area contributed by atoms with Gasteiger partial charge in [0.1, 0.15) is 5.75 Å². The molecule has 0 bridgehead atoms. The first-order valence-electron chi connectivity index (χ1n) is 9.90. The lowest BCUT2D eigenvalue weighted by Crippen LogP contribution is -2.43. The van der Waals surface area contributed by atoms with Crippen LogP contribution in [0, 0.1) is 5.92 Å². The number of para-hydroxylation sites is 2. The van der Waals surface area contributed by atoms with Gasteiger partial charge in [-0.3, -0.25) is 14.5 Å². The van der Waals surface area contributed by atoms with Crippen LogP contribution in [-0.2, 0) is 9.59 Å². The lowest BCUT2D eigenvalue weighted by Gasteiger charge is -2.30. The van der Waals surface area contributed by atoms with Gasteiger partial charge >= 0.3 is 0 Å². The molecule has 150 valence electrons. The maximum Gasteiger partial charge on any atom is 0.227 e. The maximum atomic E-state index is 12.6. The van der Waals surface area contributed by atoms with Crippen LogP contribution in [0.5, 0.6) is 5.75 Å². The molecule has 1 fully saturated rings. The van der Waals surface area contributed by atoms with Crippen molar-refractivity contribution in [2.24, 2.45) is 5.92 Å². The predicted octanol–water partition coefficient (Wildman–Crippen LogP) is 2.67. The van der Waals surface area contributed by atoms with Crippen molar-refractivity contribution < 1.29 is 14.3 Å². The summed E-state index contributed by atoms with van der Waals surface area (Å²) in [6.07, 6.45) is 0.240. The second kappa shape index (κ2) is 9.74. The highest BCUT2D eigenvalue weighted by molar-refractivity contribution is 6.01.